The lowest BCUT2D eigenvalue weighted by atomic mass is 10.1. The Morgan fingerprint density at radius 1 is 1.03 bits per heavy atom. The lowest BCUT2D eigenvalue weighted by Gasteiger charge is -2.29. The maximum Gasteiger partial charge on any atom is 0.453 e. The van der Waals surface area contributed by atoms with E-state index in [0.29, 0.717) is 6.54 Å². The molecular formula is C28H21F4NO6. The predicted octanol–water partition coefficient (Wildman–Crippen LogP) is 6.27. The first kappa shape index (κ1) is 26.2. The van der Waals surface area contributed by atoms with Gasteiger partial charge < -0.3 is 18.6 Å². The number of halogens is 4. The third-order valence-corrected chi connectivity index (χ3v) is 6.03. The van der Waals surface area contributed by atoms with Crippen molar-refractivity contribution in [1.29, 1.82) is 0 Å². The normalized spacial score (nSPS) is 13.6. The summed E-state index contributed by atoms with van der Waals surface area (Å²) in [6, 6.07) is 13.8. The van der Waals surface area contributed by atoms with Gasteiger partial charge in [0.1, 0.15) is 29.6 Å². The molecule has 3 aromatic carbocycles. The molecule has 0 saturated heterocycles. The zero-order valence-corrected chi connectivity index (χ0v) is 20.5. The number of fused-ring (bicyclic) bond motifs is 3. The second-order valence-corrected chi connectivity index (χ2v) is 8.74. The fraction of sp³-hybridized carbons (Fsp3) is 0.214. The maximum atomic E-state index is 14.1. The fourth-order valence-electron chi connectivity index (χ4n) is 4.21. The van der Waals surface area contributed by atoms with Gasteiger partial charge in [0.05, 0.1) is 23.1 Å². The smallest absolute Gasteiger partial charge is 0.453 e. The third-order valence-electron chi connectivity index (χ3n) is 6.03. The van der Waals surface area contributed by atoms with E-state index >= 15 is 0 Å². The van der Waals surface area contributed by atoms with Crippen LogP contribution in [0.1, 0.15) is 34.2 Å². The van der Waals surface area contributed by atoms with Gasteiger partial charge in [0, 0.05) is 13.1 Å². The molecule has 11 heteroatoms. The molecule has 0 bridgehead atoms. The van der Waals surface area contributed by atoms with Gasteiger partial charge in [-0.1, -0.05) is 12.1 Å². The van der Waals surface area contributed by atoms with Crippen molar-refractivity contribution in [1.82, 2.24) is 4.90 Å². The molecule has 0 N–H and O–H groups in total. The van der Waals surface area contributed by atoms with E-state index in [-0.39, 0.29) is 59.3 Å². The number of alkyl halides is 3. The van der Waals surface area contributed by atoms with Crippen LogP contribution in [0, 0.1) is 5.82 Å². The van der Waals surface area contributed by atoms with Crippen LogP contribution >= 0.6 is 0 Å². The van der Waals surface area contributed by atoms with Crippen molar-refractivity contribution < 1.29 is 41.0 Å². The van der Waals surface area contributed by atoms with Crippen LogP contribution in [0.2, 0.25) is 0 Å². The van der Waals surface area contributed by atoms with Gasteiger partial charge in [-0.2, -0.15) is 13.2 Å². The monoisotopic (exact) mass is 543 g/mol. The standard InChI is InChI=1S/C28H21F4NO6/c1-2-36-27(35)17-5-9-19(10-6-17)38-25-23(34)20-11-12-22-21(24(20)39-26(25)28(30,31)32)14-33(15-37-22)13-16-3-7-18(29)8-4-16/h3-12H,2,13-15H2,1H3. The van der Waals surface area contributed by atoms with Gasteiger partial charge in [-0.05, 0) is 61.0 Å². The van der Waals surface area contributed by atoms with Crippen LogP contribution in [-0.4, -0.2) is 24.2 Å². The highest BCUT2D eigenvalue weighted by atomic mass is 19.4. The summed E-state index contributed by atoms with van der Waals surface area (Å²) in [6.45, 7) is 2.38. The molecule has 0 saturated carbocycles. The Labute approximate surface area is 219 Å². The first-order valence-electron chi connectivity index (χ1n) is 11.9. The van der Waals surface area contributed by atoms with Crippen LogP contribution in [0.4, 0.5) is 17.6 Å². The van der Waals surface area contributed by atoms with E-state index in [9.17, 15) is 27.2 Å². The second-order valence-electron chi connectivity index (χ2n) is 8.74. The minimum atomic E-state index is -5.06. The minimum Gasteiger partial charge on any atom is -0.478 e. The summed E-state index contributed by atoms with van der Waals surface area (Å²) < 4.78 is 76.9. The molecule has 4 aromatic rings. The zero-order chi connectivity index (χ0) is 27.7. The molecule has 0 fully saturated rings. The van der Waals surface area contributed by atoms with Crippen LogP contribution in [0.25, 0.3) is 11.0 Å². The van der Waals surface area contributed by atoms with Crippen molar-refractivity contribution >= 4 is 16.9 Å². The molecule has 0 aliphatic carbocycles. The largest absolute Gasteiger partial charge is 0.478 e. The molecule has 1 aliphatic rings. The van der Waals surface area contributed by atoms with E-state index < -0.39 is 29.1 Å². The molecule has 1 aromatic heterocycles. The van der Waals surface area contributed by atoms with Crippen LogP contribution in [0.3, 0.4) is 0 Å². The molecule has 0 unspecified atom stereocenters. The average Bonchev–Trinajstić information content (AvgIpc) is 2.91. The van der Waals surface area contributed by atoms with E-state index in [1.54, 1.807) is 24.0 Å². The van der Waals surface area contributed by atoms with Crippen LogP contribution in [0.15, 0.2) is 69.9 Å². The first-order valence-corrected chi connectivity index (χ1v) is 11.9. The number of esters is 1. The Morgan fingerprint density at radius 3 is 2.41 bits per heavy atom. The number of hydrogen-bond acceptors (Lipinski definition) is 7. The van der Waals surface area contributed by atoms with Crippen LogP contribution < -0.4 is 14.9 Å². The number of nitrogens with zero attached hydrogens (tertiary/aromatic N) is 1. The van der Waals surface area contributed by atoms with Gasteiger partial charge in [0.15, 0.2) is 0 Å². The highest BCUT2D eigenvalue weighted by Gasteiger charge is 2.41. The number of ether oxygens (including phenoxy) is 3. The van der Waals surface area contributed by atoms with Gasteiger partial charge >= 0.3 is 12.1 Å². The van der Waals surface area contributed by atoms with Gasteiger partial charge in [-0.15, -0.1) is 0 Å². The fourth-order valence-corrected chi connectivity index (χ4v) is 4.21. The van der Waals surface area contributed by atoms with E-state index in [0.717, 1.165) is 5.56 Å². The molecule has 0 amide bonds. The highest BCUT2D eigenvalue weighted by molar-refractivity contribution is 5.89. The Morgan fingerprint density at radius 2 is 1.74 bits per heavy atom. The van der Waals surface area contributed by atoms with Gasteiger partial charge in [0.25, 0.3) is 5.76 Å². The summed E-state index contributed by atoms with van der Waals surface area (Å²) in [4.78, 5) is 26.9. The Balaban J connectivity index is 1.52. The number of carbonyl (C=O) groups is 1. The highest BCUT2D eigenvalue weighted by Crippen LogP contribution is 2.41. The molecule has 7 nitrogen and oxygen atoms in total. The summed E-state index contributed by atoms with van der Waals surface area (Å²) in [5, 5.41) is -0.118. The topological polar surface area (TPSA) is 78.2 Å². The molecular weight excluding hydrogens is 522 g/mol. The van der Waals surface area contributed by atoms with Crippen molar-refractivity contribution in [2.45, 2.75) is 26.2 Å². The maximum absolute atomic E-state index is 14.1. The summed E-state index contributed by atoms with van der Waals surface area (Å²) in [5.74, 6) is -3.44. The van der Waals surface area contributed by atoms with Gasteiger partial charge in [-0.25, -0.2) is 9.18 Å². The number of rotatable bonds is 6. The summed E-state index contributed by atoms with van der Waals surface area (Å²) in [7, 11) is 0. The molecule has 39 heavy (non-hydrogen) atoms. The quantitative estimate of drug-likeness (QED) is 0.210. The molecule has 0 spiro atoms. The molecule has 5 rings (SSSR count). The first-order chi connectivity index (χ1) is 18.6. The second kappa shape index (κ2) is 10.4. The van der Waals surface area contributed by atoms with Crippen molar-refractivity contribution in [3.8, 4) is 17.2 Å². The van der Waals surface area contributed by atoms with Crippen molar-refractivity contribution in [3.63, 3.8) is 0 Å². The van der Waals surface area contributed by atoms with E-state index in [1.807, 2.05) is 0 Å². The van der Waals surface area contributed by atoms with Gasteiger partial charge in [0.2, 0.25) is 11.2 Å². The SMILES string of the molecule is CCOC(=O)c1ccc(Oc2c(C(F)(F)F)oc3c4c(ccc3c2=O)OCN(Cc2ccc(F)cc2)C4)cc1. The van der Waals surface area contributed by atoms with Crippen LogP contribution in [-0.2, 0) is 24.0 Å². The molecule has 0 atom stereocenters. The van der Waals surface area contributed by atoms with Gasteiger partial charge in [-0.3, -0.25) is 9.69 Å². The Hall–Kier alpha value is -4.38. The molecule has 2 heterocycles. The van der Waals surface area contributed by atoms with Crippen LogP contribution in [0.5, 0.6) is 17.2 Å². The van der Waals surface area contributed by atoms with Crippen molar-refractivity contribution in [2.75, 3.05) is 13.3 Å². The molecule has 202 valence electrons. The molecule has 1 aliphatic heterocycles. The van der Waals surface area contributed by atoms with Crippen molar-refractivity contribution in [3.05, 3.63) is 99.2 Å². The predicted molar refractivity (Wildman–Crippen MR) is 131 cm³/mol. The number of carbonyl (C=O) groups excluding carboxylic acids is 1. The van der Waals surface area contributed by atoms with E-state index in [2.05, 4.69) is 0 Å². The van der Waals surface area contributed by atoms with E-state index in [1.165, 1.54) is 48.5 Å². The molecule has 0 radical (unpaired) electrons. The zero-order valence-electron chi connectivity index (χ0n) is 20.5. The minimum absolute atomic E-state index is 0.105. The summed E-state index contributed by atoms with van der Waals surface area (Å²) >= 11 is 0. The Bertz CT molecular complexity index is 1580. The lowest BCUT2D eigenvalue weighted by Crippen LogP contribution is -2.32. The lowest BCUT2D eigenvalue weighted by molar-refractivity contribution is -0.154. The third kappa shape index (κ3) is 5.44. The summed E-state index contributed by atoms with van der Waals surface area (Å²) in [6.07, 6.45) is -5.06. The van der Waals surface area contributed by atoms with Crippen molar-refractivity contribution in [2.24, 2.45) is 0 Å². The van der Waals surface area contributed by atoms with E-state index in [4.69, 9.17) is 18.6 Å². The Kier molecular flexibility index (Phi) is 7.00. The average molecular weight is 543 g/mol. The number of hydrogen-bond donors (Lipinski definition) is 0. The number of benzene rings is 3. The summed E-state index contributed by atoms with van der Waals surface area (Å²) in [5.41, 5.74) is -0.0719.